The van der Waals surface area contributed by atoms with Crippen LogP contribution < -0.4 is 15.8 Å². The predicted octanol–water partition coefficient (Wildman–Crippen LogP) is 2.51. The highest BCUT2D eigenvalue weighted by molar-refractivity contribution is 5.78. The summed E-state index contributed by atoms with van der Waals surface area (Å²) in [6.07, 6.45) is 3.02. The van der Waals surface area contributed by atoms with E-state index < -0.39 is 0 Å². The number of amides is 1. The van der Waals surface area contributed by atoms with E-state index in [9.17, 15) is 4.79 Å². The monoisotopic (exact) mass is 292 g/mol. The fourth-order valence-electron chi connectivity index (χ4n) is 1.82. The molecule has 1 aromatic rings. The topological polar surface area (TPSA) is 64.3 Å². The summed E-state index contributed by atoms with van der Waals surface area (Å²) in [5, 5.41) is 2.92. The van der Waals surface area contributed by atoms with E-state index in [1.807, 2.05) is 38.1 Å². The zero-order valence-corrected chi connectivity index (χ0v) is 13.4. The fourth-order valence-corrected chi connectivity index (χ4v) is 1.82. The van der Waals surface area contributed by atoms with Gasteiger partial charge in [0.05, 0.1) is 6.61 Å². The Balaban J connectivity index is 2.31. The molecule has 21 heavy (non-hydrogen) atoms. The van der Waals surface area contributed by atoms with Gasteiger partial charge in [-0.15, -0.1) is 0 Å². The molecule has 0 radical (unpaired) electrons. The van der Waals surface area contributed by atoms with E-state index >= 15 is 0 Å². The van der Waals surface area contributed by atoms with Gasteiger partial charge in [-0.2, -0.15) is 0 Å². The minimum Gasteiger partial charge on any atom is -0.494 e. The highest BCUT2D eigenvalue weighted by Crippen LogP contribution is 2.13. The first kappa shape index (κ1) is 17.5. The molecule has 0 aliphatic heterocycles. The van der Waals surface area contributed by atoms with E-state index in [-0.39, 0.29) is 17.9 Å². The van der Waals surface area contributed by atoms with Gasteiger partial charge in [0.15, 0.2) is 0 Å². The van der Waals surface area contributed by atoms with Gasteiger partial charge in [-0.05, 0) is 37.5 Å². The molecule has 0 aromatic heterocycles. The molecule has 0 fully saturated rings. The first-order valence-corrected chi connectivity index (χ1v) is 7.79. The number of hydrogen-bond acceptors (Lipinski definition) is 3. The van der Waals surface area contributed by atoms with Crippen molar-refractivity contribution in [2.24, 2.45) is 11.7 Å². The Kier molecular flexibility index (Phi) is 7.83. The lowest BCUT2D eigenvalue weighted by atomic mass is 10.0. The van der Waals surface area contributed by atoms with Crippen molar-refractivity contribution in [1.82, 2.24) is 5.32 Å². The highest BCUT2D eigenvalue weighted by atomic mass is 16.5. The number of benzene rings is 1. The average Bonchev–Trinajstić information content (AvgIpc) is 2.48. The minimum atomic E-state index is -0.153. The summed E-state index contributed by atoms with van der Waals surface area (Å²) in [6.45, 7) is 7.24. The molecule has 0 aliphatic carbocycles. The second-order valence-electron chi connectivity index (χ2n) is 5.53. The lowest BCUT2D eigenvalue weighted by molar-refractivity contribution is -0.124. The Hall–Kier alpha value is -1.55. The number of carbonyl (C=O) groups excluding carboxylic acids is 1. The van der Waals surface area contributed by atoms with Gasteiger partial charge in [0.1, 0.15) is 5.75 Å². The van der Waals surface area contributed by atoms with Crippen molar-refractivity contribution >= 4 is 5.91 Å². The van der Waals surface area contributed by atoms with Crippen molar-refractivity contribution in [2.75, 3.05) is 13.2 Å². The number of hydrogen-bond donors (Lipinski definition) is 2. The van der Waals surface area contributed by atoms with Crippen LogP contribution in [0.25, 0.3) is 0 Å². The molecule has 1 amide bonds. The van der Waals surface area contributed by atoms with E-state index in [2.05, 4.69) is 12.2 Å². The van der Waals surface area contributed by atoms with E-state index in [0.717, 1.165) is 31.6 Å². The molecule has 1 aromatic carbocycles. The molecular weight excluding hydrogens is 264 g/mol. The number of rotatable bonds is 9. The first-order chi connectivity index (χ1) is 10.0. The average molecular weight is 292 g/mol. The molecule has 118 valence electrons. The fraction of sp³-hybridized carbons (Fsp3) is 0.588. The second-order valence-corrected chi connectivity index (χ2v) is 5.53. The Morgan fingerprint density at radius 2 is 1.95 bits per heavy atom. The quantitative estimate of drug-likeness (QED) is 0.687. The van der Waals surface area contributed by atoms with Crippen LogP contribution in [0.2, 0.25) is 0 Å². The van der Waals surface area contributed by atoms with Crippen LogP contribution in [0.15, 0.2) is 24.3 Å². The standard InChI is InChI=1S/C17H28N2O2/c1-4-5-12-21-16-8-6-15(7-9-16)10-11-19-17(20)13(2)14(3)18/h6-9,13-14H,4-5,10-12,18H2,1-3H3,(H,19,20). The van der Waals surface area contributed by atoms with Crippen LogP contribution in [-0.2, 0) is 11.2 Å². The van der Waals surface area contributed by atoms with Crippen LogP contribution >= 0.6 is 0 Å². The Bertz CT molecular complexity index is 415. The predicted molar refractivity (Wildman–Crippen MR) is 86.4 cm³/mol. The van der Waals surface area contributed by atoms with Gasteiger partial charge >= 0.3 is 0 Å². The molecule has 2 unspecified atom stereocenters. The molecule has 4 heteroatoms. The number of unbranched alkanes of at least 4 members (excludes halogenated alkanes) is 1. The van der Waals surface area contributed by atoms with E-state index in [0.29, 0.717) is 6.54 Å². The maximum Gasteiger partial charge on any atom is 0.224 e. The number of ether oxygens (including phenoxy) is 1. The summed E-state index contributed by atoms with van der Waals surface area (Å²) in [7, 11) is 0. The van der Waals surface area contributed by atoms with Crippen molar-refractivity contribution < 1.29 is 9.53 Å². The van der Waals surface area contributed by atoms with Crippen molar-refractivity contribution in [1.29, 1.82) is 0 Å². The second kappa shape index (κ2) is 9.40. The largest absolute Gasteiger partial charge is 0.494 e. The highest BCUT2D eigenvalue weighted by Gasteiger charge is 2.15. The number of nitrogens with two attached hydrogens (primary N) is 1. The number of carbonyl (C=O) groups is 1. The van der Waals surface area contributed by atoms with Crippen LogP contribution in [0.3, 0.4) is 0 Å². The third-order valence-electron chi connectivity index (χ3n) is 3.61. The third-order valence-corrected chi connectivity index (χ3v) is 3.61. The van der Waals surface area contributed by atoms with Gasteiger partial charge in [-0.3, -0.25) is 4.79 Å². The molecule has 0 spiro atoms. The van der Waals surface area contributed by atoms with E-state index in [4.69, 9.17) is 10.5 Å². The summed E-state index contributed by atoms with van der Waals surface area (Å²) < 4.78 is 5.62. The summed E-state index contributed by atoms with van der Waals surface area (Å²) in [4.78, 5) is 11.8. The smallest absolute Gasteiger partial charge is 0.224 e. The van der Waals surface area contributed by atoms with Crippen LogP contribution in [0.4, 0.5) is 0 Å². The van der Waals surface area contributed by atoms with Gasteiger partial charge in [0.25, 0.3) is 0 Å². The van der Waals surface area contributed by atoms with E-state index in [1.54, 1.807) is 0 Å². The molecule has 0 heterocycles. The van der Waals surface area contributed by atoms with Crippen LogP contribution in [0, 0.1) is 5.92 Å². The first-order valence-electron chi connectivity index (χ1n) is 7.79. The van der Waals surface area contributed by atoms with E-state index in [1.165, 1.54) is 5.56 Å². The summed E-state index contributed by atoms with van der Waals surface area (Å²) in [5.41, 5.74) is 6.90. The Morgan fingerprint density at radius 3 is 2.52 bits per heavy atom. The van der Waals surface area contributed by atoms with Crippen molar-refractivity contribution in [3.05, 3.63) is 29.8 Å². The van der Waals surface area contributed by atoms with Gasteiger partial charge in [0.2, 0.25) is 5.91 Å². The minimum absolute atomic E-state index is 0.0181. The van der Waals surface area contributed by atoms with Crippen molar-refractivity contribution in [3.63, 3.8) is 0 Å². The Morgan fingerprint density at radius 1 is 1.29 bits per heavy atom. The normalized spacial score (nSPS) is 13.5. The molecule has 0 bridgehead atoms. The molecule has 0 saturated carbocycles. The van der Waals surface area contributed by atoms with Crippen molar-refractivity contribution in [2.45, 2.75) is 46.1 Å². The SMILES string of the molecule is CCCCOc1ccc(CCNC(=O)C(C)C(C)N)cc1. The van der Waals surface area contributed by atoms with Crippen LogP contribution in [0.5, 0.6) is 5.75 Å². The lowest BCUT2D eigenvalue weighted by Crippen LogP contribution is -2.39. The Labute approximate surface area is 128 Å². The summed E-state index contributed by atoms with van der Waals surface area (Å²) >= 11 is 0. The molecule has 3 N–H and O–H groups in total. The van der Waals surface area contributed by atoms with Crippen molar-refractivity contribution in [3.8, 4) is 5.75 Å². The molecule has 1 rings (SSSR count). The lowest BCUT2D eigenvalue weighted by Gasteiger charge is -2.15. The van der Waals surface area contributed by atoms with Gasteiger partial charge in [-0.25, -0.2) is 0 Å². The molecular formula is C17H28N2O2. The summed E-state index contributed by atoms with van der Waals surface area (Å²) in [6, 6.07) is 7.93. The third kappa shape index (κ3) is 6.63. The van der Waals surface area contributed by atoms with Gasteiger partial charge in [-0.1, -0.05) is 32.4 Å². The number of nitrogens with one attached hydrogen (secondary N) is 1. The molecule has 0 aliphatic rings. The van der Waals surface area contributed by atoms with Crippen LogP contribution in [0.1, 0.15) is 39.2 Å². The zero-order chi connectivity index (χ0) is 15.7. The zero-order valence-electron chi connectivity index (χ0n) is 13.4. The summed E-state index contributed by atoms with van der Waals surface area (Å²) in [5.74, 6) is 0.769. The van der Waals surface area contributed by atoms with Crippen LogP contribution in [-0.4, -0.2) is 25.1 Å². The molecule has 0 saturated heterocycles. The molecule has 2 atom stereocenters. The van der Waals surface area contributed by atoms with Gasteiger partial charge in [0, 0.05) is 18.5 Å². The maximum atomic E-state index is 11.8. The van der Waals surface area contributed by atoms with Gasteiger partial charge < -0.3 is 15.8 Å². The maximum absolute atomic E-state index is 11.8. The molecule has 4 nitrogen and oxygen atoms in total.